The fourth-order valence-corrected chi connectivity index (χ4v) is 6.57. The third-order valence-electron chi connectivity index (χ3n) is 8.23. The van der Waals surface area contributed by atoms with Crippen molar-refractivity contribution in [1.29, 1.82) is 0 Å². The lowest BCUT2D eigenvalue weighted by molar-refractivity contribution is 0.0197. The molecule has 154 valence electrons. The van der Waals surface area contributed by atoms with Gasteiger partial charge in [0.1, 0.15) is 11.5 Å². The summed E-state index contributed by atoms with van der Waals surface area (Å²) >= 11 is 0. The van der Waals surface area contributed by atoms with Crippen LogP contribution in [0.3, 0.4) is 0 Å². The average molecular weight is 393 g/mol. The van der Waals surface area contributed by atoms with Gasteiger partial charge in [-0.2, -0.15) is 0 Å². The molecule has 0 radical (unpaired) electrons. The Morgan fingerprint density at radius 2 is 1.45 bits per heavy atom. The van der Waals surface area contributed by atoms with Gasteiger partial charge in [0.05, 0.1) is 0 Å². The molecule has 0 unspecified atom stereocenters. The number of rotatable bonds is 3. The number of allylic oxidation sites excluding steroid dienone is 3. The zero-order chi connectivity index (χ0) is 20.2. The first-order chi connectivity index (χ1) is 13.9. The Morgan fingerprint density at radius 3 is 2.14 bits per heavy atom. The standard InChI is InChI=1S/C26H32O3/c1-17(20-13-25(7-3-4-8-25)14-21(20)18(2)27)19-5-6-24(28)23-16-26(15-22(19)23)9-11-29-12-10-26/h5-6,27-28H,1-4,7-16H2. The van der Waals surface area contributed by atoms with E-state index in [0.29, 0.717) is 11.2 Å². The van der Waals surface area contributed by atoms with Gasteiger partial charge in [0.15, 0.2) is 0 Å². The van der Waals surface area contributed by atoms with Gasteiger partial charge < -0.3 is 14.9 Å². The number of hydrogen-bond donors (Lipinski definition) is 2. The van der Waals surface area contributed by atoms with E-state index in [9.17, 15) is 10.2 Å². The van der Waals surface area contributed by atoms with Crippen LogP contribution in [0.2, 0.25) is 0 Å². The lowest BCUT2D eigenvalue weighted by Gasteiger charge is -2.33. The molecule has 0 bridgehead atoms. The quantitative estimate of drug-likeness (QED) is 0.618. The molecule has 0 amide bonds. The number of aliphatic hydroxyl groups excluding tert-OH is 1. The molecule has 1 aliphatic heterocycles. The minimum Gasteiger partial charge on any atom is -0.508 e. The van der Waals surface area contributed by atoms with Crippen LogP contribution in [0.25, 0.3) is 5.57 Å². The molecule has 4 aliphatic rings. The molecule has 0 atom stereocenters. The van der Waals surface area contributed by atoms with Crippen LogP contribution in [0.4, 0.5) is 0 Å². The van der Waals surface area contributed by atoms with Gasteiger partial charge in [0.2, 0.25) is 0 Å². The number of benzene rings is 1. The molecular weight excluding hydrogens is 360 g/mol. The number of phenolic OH excluding ortho intramolecular Hbond substituents is 1. The molecule has 1 aromatic rings. The summed E-state index contributed by atoms with van der Waals surface area (Å²) < 4.78 is 5.61. The fraction of sp³-hybridized carbons (Fsp3) is 0.538. The lowest BCUT2D eigenvalue weighted by Crippen LogP contribution is -2.30. The first-order valence-corrected chi connectivity index (χ1v) is 11.1. The van der Waals surface area contributed by atoms with Crippen molar-refractivity contribution in [3.05, 3.63) is 58.9 Å². The van der Waals surface area contributed by atoms with Gasteiger partial charge in [0.25, 0.3) is 0 Å². The second-order valence-corrected chi connectivity index (χ2v) is 10.00. The van der Waals surface area contributed by atoms with Crippen molar-refractivity contribution in [3.8, 4) is 5.75 Å². The molecule has 1 heterocycles. The molecule has 2 spiro atoms. The number of aliphatic hydroxyl groups is 1. The largest absolute Gasteiger partial charge is 0.508 e. The molecule has 0 aromatic heterocycles. The Labute approximate surface area is 173 Å². The van der Waals surface area contributed by atoms with Crippen LogP contribution in [0.15, 0.2) is 42.2 Å². The molecule has 3 heteroatoms. The first kappa shape index (κ1) is 19.0. The third kappa shape index (κ3) is 3.06. The summed E-state index contributed by atoms with van der Waals surface area (Å²) in [7, 11) is 0. The predicted molar refractivity (Wildman–Crippen MR) is 116 cm³/mol. The van der Waals surface area contributed by atoms with E-state index in [0.717, 1.165) is 74.0 Å². The topological polar surface area (TPSA) is 49.7 Å². The molecule has 29 heavy (non-hydrogen) atoms. The normalized spacial score (nSPS) is 24.4. The average Bonchev–Trinajstić information content (AvgIpc) is 3.41. The molecule has 5 rings (SSSR count). The summed E-state index contributed by atoms with van der Waals surface area (Å²) in [6.07, 6.45) is 11.0. The van der Waals surface area contributed by atoms with E-state index in [4.69, 9.17) is 4.74 Å². The van der Waals surface area contributed by atoms with Crippen LogP contribution < -0.4 is 0 Å². The third-order valence-corrected chi connectivity index (χ3v) is 8.23. The minimum absolute atomic E-state index is 0.209. The van der Waals surface area contributed by atoms with Gasteiger partial charge in [0, 0.05) is 13.2 Å². The molecule has 3 aliphatic carbocycles. The highest BCUT2D eigenvalue weighted by Gasteiger charge is 2.44. The minimum atomic E-state index is 0.209. The van der Waals surface area contributed by atoms with Gasteiger partial charge in [-0.1, -0.05) is 32.1 Å². The Morgan fingerprint density at radius 1 is 0.828 bits per heavy atom. The van der Waals surface area contributed by atoms with E-state index >= 15 is 0 Å². The maximum absolute atomic E-state index is 10.6. The first-order valence-electron chi connectivity index (χ1n) is 11.1. The monoisotopic (exact) mass is 392 g/mol. The van der Waals surface area contributed by atoms with Crippen molar-refractivity contribution < 1.29 is 14.9 Å². The van der Waals surface area contributed by atoms with Crippen LogP contribution in [-0.2, 0) is 17.6 Å². The Kier molecular flexibility index (Phi) is 4.43. The summed E-state index contributed by atoms with van der Waals surface area (Å²) in [6.45, 7) is 10.0. The number of phenols is 1. The molecule has 2 fully saturated rings. The van der Waals surface area contributed by atoms with Crippen LogP contribution in [0.1, 0.15) is 68.1 Å². The second-order valence-electron chi connectivity index (χ2n) is 10.00. The SMILES string of the molecule is C=C(O)C1=C(C(=C)c2ccc(O)c3c2CC2(CCOCC2)C3)CC2(CCCC2)C1. The molecule has 1 saturated carbocycles. The number of fused-ring (bicyclic) bond motifs is 1. The Balaban J connectivity index is 1.52. The lowest BCUT2D eigenvalue weighted by atomic mass is 9.77. The van der Waals surface area contributed by atoms with Gasteiger partial charge in [-0.3, -0.25) is 0 Å². The van der Waals surface area contributed by atoms with Crippen molar-refractivity contribution in [3.63, 3.8) is 0 Å². The second kappa shape index (κ2) is 6.77. The highest BCUT2D eigenvalue weighted by Crippen LogP contribution is 2.57. The summed E-state index contributed by atoms with van der Waals surface area (Å²) in [5, 5.41) is 20.9. The van der Waals surface area contributed by atoms with Crippen molar-refractivity contribution >= 4 is 5.57 Å². The highest BCUT2D eigenvalue weighted by atomic mass is 16.5. The Hall–Kier alpha value is -2.00. The Bertz CT molecular complexity index is 908. The maximum atomic E-state index is 10.6. The smallest absolute Gasteiger partial charge is 0.119 e. The van der Waals surface area contributed by atoms with Crippen molar-refractivity contribution in [1.82, 2.24) is 0 Å². The molecular formula is C26H32O3. The van der Waals surface area contributed by atoms with E-state index in [1.165, 1.54) is 36.8 Å². The van der Waals surface area contributed by atoms with Crippen LogP contribution in [0, 0.1) is 10.8 Å². The number of aromatic hydroxyl groups is 1. The van der Waals surface area contributed by atoms with Crippen molar-refractivity contribution in [2.24, 2.45) is 10.8 Å². The van der Waals surface area contributed by atoms with Gasteiger partial charge in [-0.25, -0.2) is 0 Å². The van der Waals surface area contributed by atoms with E-state index < -0.39 is 0 Å². The van der Waals surface area contributed by atoms with Crippen LogP contribution >= 0.6 is 0 Å². The molecule has 1 saturated heterocycles. The fourth-order valence-electron chi connectivity index (χ4n) is 6.57. The van der Waals surface area contributed by atoms with E-state index in [1.54, 1.807) is 0 Å². The van der Waals surface area contributed by atoms with E-state index in [2.05, 4.69) is 13.2 Å². The van der Waals surface area contributed by atoms with E-state index in [1.807, 2.05) is 12.1 Å². The van der Waals surface area contributed by atoms with E-state index in [-0.39, 0.29) is 11.2 Å². The maximum Gasteiger partial charge on any atom is 0.119 e. The molecule has 1 aromatic carbocycles. The van der Waals surface area contributed by atoms with Gasteiger partial charge in [-0.15, -0.1) is 0 Å². The van der Waals surface area contributed by atoms with Crippen LogP contribution in [-0.4, -0.2) is 23.4 Å². The zero-order valence-corrected chi connectivity index (χ0v) is 17.4. The molecule has 2 N–H and O–H groups in total. The van der Waals surface area contributed by atoms with Gasteiger partial charge >= 0.3 is 0 Å². The summed E-state index contributed by atoms with van der Waals surface area (Å²) in [5.41, 5.74) is 7.27. The van der Waals surface area contributed by atoms with Crippen molar-refractivity contribution in [2.75, 3.05) is 13.2 Å². The number of hydrogen-bond acceptors (Lipinski definition) is 3. The zero-order valence-electron chi connectivity index (χ0n) is 17.4. The van der Waals surface area contributed by atoms with Gasteiger partial charge in [-0.05, 0) is 102 Å². The summed E-state index contributed by atoms with van der Waals surface area (Å²) in [6, 6.07) is 3.88. The summed E-state index contributed by atoms with van der Waals surface area (Å²) in [4.78, 5) is 0. The van der Waals surface area contributed by atoms with Crippen molar-refractivity contribution in [2.45, 2.75) is 64.2 Å². The molecule has 3 nitrogen and oxygen atoms in total. The highest BCUT2D eigenvalue weighted by molar-refractivity contribution is 5.83. The number of ether oxygens (including phenoxy) is 1. The van der Waals surface area contributed by atoms with Crippen LogP contribution in [0.5, 0.6) is 5.75 Å². The predicted octanol–water partition coefficient (Wildman–Crippen LogP) is 6.02. The summed E-state index contributed by atoms with van der Waals surface area (Å²) in [5.74, 6) is 0.626.